The second-order valence-electron chi connectivity index (χ2n) is 3.27. The van der Waals surface area contributed by atoms with Crippen LogP contribution in [-0.4, -0.2) is 10.2 Å². The number of aryl methyl sites for hydroxylation is 1. The van der Waals surface area contributed by atoms with Gasteiger partial charge in [0.25, 0.3) is 0 Å². The van der Waals surface area contributed by atoms with E-state index in [1.165, 1.54) is 0 Å². The summed E-state index contributed by atoms with van der Waals surface area (Å²) in [5, 5.41) is 4.64. The highest BCUT2D eigenvalue weighted by molar-refractivity contribution is 8.26. The molecular formula is C9H7Cl3N3OP. The van der Waals surface area contributed by atoms with Crippen molar-refractivity contribution in [1.82, 2.24) is 10.2 Å². The first-order valence-electron chi connectivity index (χ1n) is 4.56. The molecule has 90 valence electrons. The van der Waals surface area contributed by atoms with Crippen LogP contribution in [0, 0.1) is 6.92 Å². The monoisotopic (exact) mass is 309 g/mol. The lowest BCUT2D eigenvalue weighted by molar-refractivity contribution is 0.581. The van der Waals surface area contributed by atoms with Crippen LogP contribution in [0.3, 0.4) is 0 Å². The van der Waals surface area contributed by atoms with Gasteiger partial charge >= 0.3 is 6.01 Å². The van der Waals surface area contributed by atoms with Gasteiger partial charge < -0.3 is 4.42 Å². The molecule has 0 fully saturated rings. The molecule has 2 aromatic rings. The van der Waals surface area contributed by atoms with Crippen LogP contribution < -0.4 is 0 Å². The van der Waals surface area contributed by atoms with Gasteiger partial charge in [-0.1, -0.05) is 22.8 Å². The van der Waals surface area contributed by atoms with Gasteiger partial charge in [0.1, 0.15) is 0 Å². The molecule has 0 saturated heterocycles. The molecule has 2 rings (SSSR count). The number of benzene rings is 1. The number of aromatic nitrogens is 2. The maximum atomic E-state index is 5.59. The van der Waals surface area contributed by atoms with E-state index in [0.717, 1.165) is 11.1 Å². The van der Waals surface area contributed by atoms with E-state index >= 15 is 0 Å². The van der Waals surface area contributed by atoms with Gasteiger partial charge in [-0.25, -0.2) is 0 Å². The molecule has 0 amide bonds. The van der Waals surface area contributed by atoms with E-state index < -0.39 is 5.11 Å². The van der Waals surface area contributed by atoms with Crippen LogP contribution >= 0.6 is 38.8 Å². The molecule has 1 heterocycles. The van der Waals surface area contributed by atoms with Gasteiger partial charge in [0.05, 0.1) is 0 Å². The first kappa shape index (κ1) is 12.9. The summed E-state index contributed by atoms with van der Waals surface area (Å²) < 4.78 is 8.99. The first-order valence-corrected chi connectivity index (χ1v) is 9.01. The van der Waals surface area contributed by atoms with Crippen molar-refractivity contribution < 1.29 is 4.42 Å². The second-order valence-corrected chi connectivity index (χ2v) is 10.3. The number of hydrogen-bond donors (Lipinski definition) is 0. The van der Waals surface area contributed by atoms with Crippen LogP contribution in [0.25, 0.3) is 11.5 Å². The van der Waals surface area contributed by atoms with E-state index in [1.807, 2.05) is 31.2 Å². The number of nitrogens with zero attached hydrogens (tertiary/aromatic N) is 3. The van der Waals surface area contributed by atoms with E-state index in [2.05, 4.69) is 14.9 Å². The lowest BCUT2D eigenvalue weighted by Gasteiger charge is -1.95. The first-order chi connectivity index (χ1) is 7.94. The Morgan fingerprint density at radius 3 is 2.35 bits per heavy atom. The molecule has 0 bridgehead atoms. The highest BCUT2D eigenvalue weighted by Crippen LogP contribution is 2.66. The van der Waals surface area contributed by atoms with Crippen molar-refractivity contribution in [2.75, 3.05) is 0 Å². The molecule has 8 heteroatoms. The van der Waals surface area contributed by atoms with Crippen molar-refractivity contribution in [2.24, 2.45) is 4.74 Å². The van der Waals surface area contributed by atoms with Crippen molar-refractivity contribution in [1.29, 1.82) is 0 Å². The third kappa shape index (κ3) is 3.71. The Kier molecular flexibility index (Phi) is 3.79. The van der Waals surface area contributed by atoms with Crippen LogP contribution in [-0.2, 0) is 0 Å². The van der Waals surface area contributed by atoms with E-state index in [9.17, 15) is 0 Å². The Hall–Kier alpha value is -0.540. The molecule has 0 aliphatic carbocycles. The summed E-state index contributed by atoms with van der Waals surface area (Å²) in [6, 6.07) is 7.61. The van der Waals surface area contributed by atoms with Gasteiger partial charge in [-0.15, -0.1) is 5.10 Å². The average molecular weight is 311 g/mol. The maximum absolute atomic E-state index is 5.59. The molecular weight excluding hydrogens is 303 g/mol. The fourth-order valence-electron chi connectivity index (χ4n) is 1.17. The molecule has 0 N–H and O–H groups in total. The molecule has 1 aromatic carbocycles. The Morgan fingerprint density at radius 2 is 1.76 bits per heavy atom. The summed E-state index contributed by atoms with van der Waals surface area (Å²) in [5.74, 6) is 0.349. The molecule has 0 radical (unpaired) electrons. The minimum absolute atomic E-state index is 0.0195. The van der Waals surface area contributed by atoms with Gasteiger partial charge in [-0.2, -0.15) is 4.74 Å². The topological polar surface area (TPSA) is 51.3 Å². The average Bonchev–Trinajstić information content (AvgIpc) is 2.64. The van der Waals surface area contributed by atoms with Crippen LogP contribution in [0.1, 0.15) is 5.56 Å². The number of hydrogen-bond acceptors (Lipinski definition) is 4. The molecule has 0 atom stereocenters. The van der Waals surface area contributed by atoms with Gasteiger partial charge in [0.2, 0.25) is 11.0 Å². The summed E-state index contributed by atoms with van der Waals surface area (Å²) >= 11 is 16.8. The Balaban J connectivity index is 2.33. The minimum atomic E-state index is -2.88. The normalized spacial score (nSPS) is 11.5. The van der Waals surface area contributed by atoms with Gasteiger partial charge in [0.15, 0.2) is 0 Å². The Morgan fingerprint density at radius 1 is 1.12 bits per heavy atom. The predicted molar refractivity (Wildman–Crippen MR) is 71.0 cm³/mol. The van der Waals surface area contributed by atoms with Crippen molar-refractivity contribution in [3.63, 3.8) is 0 Å². The zero-order valence-corrected chi connectivity index (χ0v) is 11.8. The van der Waals surface area contributed by atoms with Crippen molar-refractivity contribution in [3.8, 4) is 11.5 Å². The Labute approximate surface area is 112 Å². The molecule has 0 unspecified atom stereocenters. The van der Waals surface area contributed by atoms with Gasteiger partial charge in [-0.05, 0) is 52.8 Å². The van der Waals surface area contributed by atoms with E-state index in [1.54, 1.807) is 0 Å². The quantitative estimate of drug-likeness (QED) is 0.703. The lowest BCUT2D eigenvalue weighted by atomic mass is 10.1. The van der Waals surface area contributed by atoms with Gasteiger partial charge in [-0.3, -0.25) is 0 Å². The second kappa shape index (κ2) is 4.99. The van der Waals surface area contributed by atoms with Crippen molar-refractivity contribution in [3.05, 3.63) is 29.8 Å². The lowest BCUT2D eigenvalue weighted by Crippen LogP contribution is -1.77. The Bertz CT molecular complexity index is 567. The van der Waals surface area contributed by atoms with Crippen LogP contribution in [0.15, 0.2) is 33.4 Å². The van der Waals surface area contributed by atoms with Crippen LogP contribution in [0.2, 0.25) is 0 Å². The summed E-state index contributed by atoms with van der Waals surface area (Å²) in [4.78, 5) is 0. The van der Waals surface area contributed by atoms with E-state index in [0.29, 0.717) is 5.89 Å². The molecule has 0 spiro atoms. The molecule has 1 aromatic heterocycles. The standard InChI is InChI=1S/C9H7Cl3N3OP/c1-6-2-4-7(5-3-6)8-13-14-9(16-8)15-17(10,11)12/h2-5H,1H3. The van der Waals surface area contributed by atoms with Crippen molar-refractivity contribution in [2.45, 2.75) is 6.92 Å². The maximum Gasteiger partial charge on any atom is 0.344 e. The fourth-order valence-corrected chi connectivity index (χ4v) is 2.02. The summed E-state index contributed by atoms with van der Waals surface area (Å²) in [5.41, 5.74) is 1.94. The largest absolute Gasteiger partial charge is 0.402 e. The SMILES string of the molecule is Cc1ccc(-c2nnc(N=P(Cl)(Cl)Cl)o2)cc1. The number of halogens is 3. The molecule has 17 heavy (non-hydrogen) atoms. The van der Waals surface area contributed by atoms with Crippen LogP contribution in [0.4, 0.5) is 6.01 Å². The highest BCUT2D eigenvalue weighted by atomic mass is 36.0. The predicted octanol–water partition coefficient (Wildman–Crippen LogP) is 5.34. The zero-order valence-electron chi connectivity index (χ0n) is 8.64. The van der Waals surface area contributed by atoms with Crippen molar-refractivity contribution >= 4 is 44.8 Å². The number of rotatable bonds is 2. The van der Waals surface area contributed by atoms with Gasteiger partial charge in [0, 0.05) is 5.56 Å². The smallest absolute Gasteiger partial charge is 0.344 e. The van der Waals surface area contributed by atoms with E-state index in [4.69, 9.17) is 38.1 Å². The molecule has 0 aliphatic heterocycles. The van der Waals surface area contributed by atoms with E-state index in [-0.39, 0.29) is 6.01 Å². The fraction of sp³-hybridized carbons (Fsp3) is 0.111. The highest BCUT2D eigenvalue weighted by Gasteiger charge is 2.12. The summed E-state index contributed by atoms with van der Waals surface area (Å²) in [7, 11) is 0. The summed E-state index contributed by atoms with van der Waals surface area (Å²) in [6.07, 6.45) is 0. The third-order valence-corrected chi connectivity index (χ3v) is 2.99. The zero-order chi connectivity index (χ0) is 12.5. The van der Waals surface area contributed by atoms with Crippen LogP contribution in [0.5, 0.6) is 0 Å². The minimum Gasteiger partial charge on any atom is -0.402 e. The molecule has 0 aliphatic rings. The molecule has 4 nitrogen and oxygen atoms in total. The molecule has 0 saturated carbocycles. The summed E-state index contributed by atoms with van der Waals surface area (Å²) in [6.45, 7) is 1.99. The third-order valence-electron chi connectivity index (χ3n) is 1.91.